The maximum Gasteiger partial charge on any atom is 0.407 e. The molecule has 90 valence electrons. The fourth-order valence-electron chi connectivity index (χ4n) is 1.41. The van der Waals surface area contributed by atoms with Gasteiger partial charge in [-0.25, -0.2) is 9.59 Å². The van der Waals surface area contributed by atoms with Crippen LogP contribution in [0.3, 0.4) is 0 Å². The molecule has 2 N–H and O–H groups in total. The summed E-state index contributed by atoms with van der Waals surface area (Å²) in [6, 6.07) is 6.61. The molecule has 1 unspecified atom stereocenters. The highest BCUT2D eigenvalue weighted by Gasteiger charge is 2.22. The number of carbonyl (C=O) groups excluding carboxylic acids is 1. The highest BCUT2D eigenvalue weighted by molar-refractivity contribution is 7.99. The Labute approximate surface area is 102 Å². The molecular formula is C11H11NO4S. The van der Waals surface area contributed by atoms with E-state index in [9.17, 15) is 9.59 Å². The van der Waals surface area contributed by atoms with Gasteiger partial charge in [0.1, 0.15) is 6.10 Å². The van der Waals surface area contributed by atoms with Crippen molar-refractivity contribution in [3.63, 3.8) is 0 Å². The third-order valence-corrected chi connectivity index (χ3v) is 3.43. The smallest absolute Gasteiger partial charge is 0.407 e. The number of benzene rings is 1. The Balaban J connectivity index is 1.87. The van der Waals surface area contributed by atoms with Crippen molar-refractivity contribution >= 4 is 23.8 Å². The number of aromatic carboxylic acids is 1. The summed E-state index contributed by atoms with van der Waals surface area (Å²) in [5.41, 5.74) is 0.267. The van der Waals surface area contributed by atoms with Crippen LogP contribution in [0.2, 0.25) is 0 Å². The first-order valence-corrected chi connectivity index (χ1v) is 6.04. The van der Waals surface area contributed by atoms with Gasteiger partial charge in [-0.1, -0.05) is 0 Å². The number of ether oxygens (including phenoxy) is 1. The standard InChI is InChI=1S/C11H11NO4S/c13-10(14)7-1-3-9(4-2-7)17-6-8-5-12-11(15)16-8/h1-4,8H,5-6H2,(H,12,15)(H,13,14). The fourth-order valence-corrected chi connectivity index (χ4v) is 2.30. The molecule has 1 atom stereocenters. The number of carboxylic acids is 1. The molecule has 0 radical (unpaired) electrons. The average molecular weight is 253 g/mol. The number of carboxylic acid groups (broad SMARTS) is 1. The maximum atomic E-state index is 10.8. The van der Waals surface area contributed by atoms with Crippen LogP contribution in [0.25, 0.3) is 0 Å². The first kappa shape index (κ1) is 11.8. The molecule has 1 fully saturated rings. The van der Waals surface area contributed by atoms with Gasteiger partial charge in [-0.15, -0.1) is 11.8 Å². The van der Waals surface area contributed by atoms with Crippen molar-refractivity contribution < 1.29 is 19.4 Å². The number of alkyl carbamates (subject to hydrolysis) is 1. The SMILES string of the molecule is O=C1NCC(CSc2ccc(C(=O)O)cc2)O1. The summed E-state index contributed by atoms with van der Waals surface area (Å²) < 4.78 is 4.98. The first-order valence-electron chi connectivity index (χ1n) is 5.06. The molecule has 0 bridgehead atoms. The average Bonchev–Trinajstić information content (AvgIpc) is 2.73. The van der Waals surface area contributed by atoms with Gasteiger partial charge in [0.05, 0.1) is 12.1 Å². The number of carbonyl (C=O) groups is 2. The lowest BCUT2D eigenvalue weighted by molar-refractivity contribution is 0.0696. The first-order chi connectivity index (χ1) is 8.15. The van der Waals surface area contributed by atoms with Crippen molar-refractivity contribution in [1.29, 1.82) is 0 Å². The van der Waals surface area contributed by atoms with Crippen molar-refractivity contribution in [1.82, 2.24) is 5.32 Å². The molecule has 17 heavy (non-hydrogen) atoms. The van der Waals surface area contributed by atoms with Crippen molar-refractivity contribution in [3.8, 4) is 0 Å². The predicted molar refractivity (Wildman–Crippen MR) is 62.4 cm³/mol. The molecule has 6 heteroatoms. The van der Waals surface area contributed by atoms with Crippen LogP contribution in [0.4, 0.5) is 4.79 Å². The van der Waals surface area contributed by atoms with Crippen molar-refractivity contribution in [2.45, 2.75) is 11.0 Å². The summed E-state index contributed by atoms with van der Waals surface area (Å²) in [6.07, 6.45) is -0.497. The van der Waals surface area contributed by atoms with E-state index >= 15 is 0 Å². The van der Waals surface area contributed by atoms with Gasteiger partial charge < -0.3 is 15.2 Å². The second-order valence-electron chi connectivity index (χ2n) is 3.55. The van der Waals surface area contributed by atoms with E-state index in [0.717, 1.165) is 4.90 Å². The van der Waals surface area contributed by atoms with Crippen molar-refractivity contribution in [2.24, 2.45) is 0 Å². The van der Waals surface area contributed by atoms with Gasteiger partial charge in [0.2, 0.25) is 0 Å². The number of nitrogens with one attached hydrogen (secondary N) is 1. The van der Waals surface area contributed by atoms with Gasteiger partial charge in [0.15, 0.2) is 0 Å². The second kappa shape index (κ2) is 5.09. The fraction of sp³-hybridized carbons (Fsp3) is 0.273. The highest BCUT2D eigenvalue weighted by Crippen LogP contribution is 2.21. The van der Waals surface area contributed by atoms with E-state index in [4.69, 9.17) is 9.84 Å². The summed E-state index contributed by atoms with van der Waals surface area (Å²) in [6.45, 7) is 0.527. The lowest BCUT2D eigenvalue weighted by Gasteiger charge is -2.07. The lowest BCUT2D eigenvalue weighted by atomic mass is 10.2. The van der Waals surface area contributed by atoms with E-state index in [1.807, 2.05) is 0 Å². The number of hydrogen-bond donors (Lipinski definition) is 2. The molecule has 1 aromatic rings. The number of amides is 1. The number of thioether (sulfide) groups is 1. The van der Waals surface area contributed by atoms with E-state index in [2.05, 4.69) is 5.32 Å². The zero-order valence-electron chi connectivity index (χ0n) is 8.88. The van der Waals surface area contributed by atoms with Gasteiger partial charge in [0, 0.05) is 10.6 Å². The van der Waals surface area contributed by atoms with Gasteiger partial charge >= 0.3 is 12.1 Å². The predicted octanol–water partition coefficient (Wildman–Crippen LogP) is 1.59. The van der Waals surface area contributed by atoms with Crippen LogP contribution in [-0.2, 0) is 4.74 Å². The lowest BCUT2D eigenvalue weighted by Crippen LogP contribution is -2.16. The van der Waals surface area contributed by atoms with Gasteiger partial charge in [0.25, 0.3) is 0 Å². The molecule has 1 saturated heterocycles. The zero-order chi connectivity index (χ0) is 12.3. The highest BCUT2D eigenvalue weighted by atomic mass is 32.2. The molecule has 0 spiro atoms. The second-order valence-corrected chi connectivity index (χ2v) is 4.64. The van der Waals surface area contributed by atoms with Crippen LogP contribution in [0.15, 0.2) is 29.2 Å². The van der Waals surface area contributed by atoms with E-state index in [1.165, 1.54) is 11.8 Å². The molecule has 0 aromatic heterocycles. The van der Waals surface area contributed by atoms with Crippen LogP contribution in [0.1, 0.15) is 10.4 Å². The van der Waals surface area contributed by atoms with Crippen molar-refractivity contribution in [2.75, 3.05) is 12.3 Å². The molecule has 1 aliphatic rings. The third kappa shape index (κ3) is 3.13. The third-order valence-electron chi connectivity index (χ3n) is 2.28. The van der Waals surface area contributed by atoms with E-state index < -0.39 is 5.97 Å². The van der Waals surface area contributed by atoms with Gasteiger partial charge in [-0.3, -0.25) is 0 Å². The topological polar surface area (TPSA) is 75.6 Å². The van der Waals surface area contributed by atoms with Crippen LogP contribution >= 0.6 is 11.8 Å². The molecule has 1 heterocycles. The monoisotopic (exact) mass is 253 g/mol. The van der Waals surface area contributed by atoms with Crippen LogP contribution in [0, 0.1) is 0 Å². The number of hydrogen-bond acceptors (Lipinski definition) is 4. The van der Waals surface area contributed by atoms with Gasteiger partial charge in [-0.2, -0.15) is 0 Å². The molecule has 0 aliphatic carbocycles. The Hall–Kier alpha value is -1.69. The Bertz CT molecular complexity index is 432. The minimum absolute atomic E-state index is 0.119. The Morgan fingerprint density at radius 2 is 2.18 bits per heavy atom. The van der Waals surface area contributed by atoms with Gasteiger partial charge in [-0.05, 0) is 24.3 Å². The molecular weight excluding hydrogens is 242 g/mol. The molecule has 0 saturated carbocycles. The minimum Gasteiger partial charge on any atom is -0.478 e. The summed E-state index contributed by atoms with van der Waals surface area (Å²) in [4.78, 5) is 22.4. The van der Waals surface area contributed by atoms with E-state index in [-0.39, 0.29) is 17.8 Å². The number of rotatable bonds is 4. The maximum absolute atomic E-state index is 10.8. The Morgan fingerprint density at radius 1 is 1.47 bits per heavy atom. The Morgan fingerprint density at radius 3 is 2.71 bits per heavy atom. The molecule has 2 rings (SSSR count). The normalized spacial score (nSPS) is 18.6. The summed E-state index contributed by atoms with van der Waals surface area (Å²) in [5.74, 6) is -0.277. The summed E-state index contributed by atoms with van der Waals surface area (Å²) >= 11 is 1.53. The quantitative estimate of drug-likeness (QED) is 0.797. The van der Waals surface area contributed by atoms with Crippen LogP contribution in [0.5, 0.6) is 0 Å². The zero-order valence-corrected chi connectivity index (χ0v) is 9.70. The number of cyclic esters (lactones) is 1. The molecule has 1 aromatic carbocycles. The minimum atomic E-state index is -0.935. The molecule has 1 amide bonds. The van der Waals surface area contributed by atoms with Crippen LogP contribution in [-0.4, -0.2) is 35.6 Å². The summed E-state index contributed by atoms with van der Waals surface area (Å²) in [7, 11) is 0. The molecule has 5 nitrogen and oxygen atoms in total. The summed E-state index contributed by atoms with van der Waals surface area (Å²) in [5, 5.41) is 11.3. The van der Waals surface area contributed by atoms with E-state index in [1.54, 1.807) is 24.3 Å². The van der Waals surface area contributed by atoms with E-state index in [0.29, 0.717) is 12.3 Å². The van der Waals surface area contributed by atoms with Crippen LogP contribution < -0.4 is 5.32 Å². The van der Waals surface area contributed by atoms with Crippen molar-refractivity contribution in [3.05, 3.63) is 29.8 Å². The largest absolute Gasteiger partial charge is 0.478 e. The molecule has 1 aliphatic heterocycles. The Kier molecular flexibility index (Phi) is 3.53.